The van der Waals surface area contributed by atoms with Gasteiger partial charge in [-0.1, -0.05) is 42.5 Å². The van der Waals surface area contributed by atoms with Gasteiger partial charge in [-0.3, -0.25) is 14.4 Å². The smallest absolute Gasteiger partial charge is 0.325 e. The van der Waals surface area contributed by atoms with E-state index in [1.54, 1.807) is 14.1 Å². The number of nitrogens with one attached hydrogen (secondary N) is 1. The van der Waals surface area contributed by atoms with Gasteiger partial charge >= 0.3 is 5.97 Å². The van der Waals surface area contributed by atoms with Crippen molar-refractivity contribution in [1.29, 1.82) is 0 Å². The summed E-state index contributed by atoms with van der Waals surface area (Å²) in [5.41, 5.74) is 0.891. The molecule has 0 aliphatic carbocycles. The fourth-order valence-corrected chi connectivity index (χ4v) is 2.18. The molecule has 2 aromatic carbocycles. The van der Waals surface area contributed by atoms with E-state index in [0.717, 1.165) is 16.3 Å². The van der Waals surface area contributed by atoms with Crippen molar-refractivity contribution in [3.63, 3.8) is 0 Å². The number of hydrogen-bond acceptors (Lipinski definition) is 4. The molecule has 126 valence electrons. The van der Waals surface area contributed by atoms with E-state index >= 15 is 0 Å². The highest BCUT2D eigenvalue weighted by Crippen LogP contribution is 2.18. The van der Waals surface area contributed by atoms with Gasteiger partial charge in [0, 0.05) is 14.1 Å². The fraction of sp³-hybridized carbons (Fsp3) is 0.278. The van der Waals surface area contributed by atoms with Crippen molar-refractivity contribution in [3.05, 3.63) is 48.0 Å². The minimum atomic E-state index is -0.642. The highest BCUT2D eigenvalue weighted by Gasteiger charge is 2.11. The number of fused-ring (bicyclic) bond motifs is 1. The monoisotopic (exact) mass is 328 g/mol. The van der Waals surface area contributed by atoms with Crippen LogP contribution in [0, 0.1) is 0 Å². The molecule has 0 radical (unpaired) electrons. The predicted molar refractivity (Wildman–Crippen MR) is 90.3 cm³/mol. The number of carbonyl (C=O) groups is 3. The number of ether oxygens (including phenoxy) is 1. The third-order valence-electron chi connectivity index (χ3n) is 3.52. The molecule has 0 saturated carbocycles. The molecular weight excluding hydrogens is 308 g/mol. The number of amides is 2. The lowest BCUT2D eigenvalue weighted by atomic mass is 10.0. The van der Waals surface area contributed by atoms with Gasteiger partial charge in [0.1, 0.15) is 6.54 Å². The Labute approximate surface area is 140 Å². The summed E-state index contributed by atoms with van der Waals surface area (Å²) in [5, 5.41) is 4.58. The fourth-order valence-electron chi connectivity index (χ4n) is 2.18. The number of likely N-dealkylation sites (N-methyl/N-ethyl adjacent to an activating group) is 1. The zero-order chi connectivity index (χ0) is 17.5. The number of nitrogens with zero attached hydrogens (tertiary/aromatic N) is 1. The van der Waals surface area contributed by atoms with Gasteiger partial charge in [-0.2, -0.15) is 0 Å². The van der Waals surface area contributed by atoms with E-state index in [1.165, 1.54) is 4.90 Å². The van der Waals surface area contributed by atoms with Crippen molar-refractivity contribution >= 4 is 28.6 Å². The number of rotatable bonds is 6. The summed E-state index contributed by atoms with van der Waals surface area (Å²) in [7, 11) is 3.14. The van der Waals surface area contributed by atoms with Crippen molar-refractivity contribution in [2.24, 2.45) is 0 Å². The minimum absolute atomic E-state index is 0.172. The van der Waals surface area contributed by atoms with Gasteiger partial charge in [0.05, 0.1) is 6.42 Å². The van der Waals surface area contributed by atoms with E-state index < -0.39 is 5.97 Å². The van der Waals surface area contributed by atoms with Crippen molar-refractivity contribution < 1.29 is 19.1 Å². The maximum absolute atomic E-state index is 12.0. The second-order valence-electron chi connectivity index (χ2n) is 5.54. The highest BCUT2D eigenvalue weighted by molar-refractivity contribution is 5.91. The molecule has 2 amide bonds. The first-order valence-corrected chi connectivity index (χ1v) is 7.56. The van der Waals surface area contributed by atoms with Gasteiger partial charge in [-0.05, 0) is 16.3 Å². The Bertz CT molecular complexity index is 750. The van der Waals surface area contributed by atoms with Crippen molar-refractivity contribution in [1.82, 2.24) is 10.2 Å². The van der Waals surface area contributed by atoms with E-state index in [0.29, 0.717) is 0 Å². The second kappa shape index (κ2) is 8.10. The first kappa shape index (κ1) is 17.5. The quantitative estimate of drug-likeness (QED) is 0.807. The Morgan fingerprint density at radius 2 is 1.75 bits per heavy atom. The number of benzene rings is 2. The summed E-state index contributed by atoms with van der Waals surface area (Å²) in [4.78, 5) is 36.2. The third-order valence-corrected chi connectivity index (χ3v) is 3.52. The maximum Gasteiger partial charge on any atom is 0.325 e. The standard InChI is InChI=1S/C18H20N2O4/c1-20(2)17(22)12-24-18(23)11-19-16(21)10-14-8-5-7-13-6-3-4-9-15(13)14/h3-9H,10-12H2,1-2H3,(H,19,21). The van der Waals surface area contributed by atoms with Gasteiger partial charge in [0.15, 0.2) is 6.61 Å². The molecular formula is C18H20N2O4. The van der Waals surface area contributed by atoms with Crippen LogP contribution < -0.4 is 5.32 Å². The zero-order valence-electron chi connectivity index (χ0n) is 13.7. The molecule has 2 aromatic rings. The third kappa shape index (κ3) is 4.81. The molecule has 2 rings (SSSR count). The molecule has 0 aliphatic heterocycles. The van der Waals surface area contributed by atoms with Crippen molar-refractivity contribution in [2.45, 2.75) is 6.42 Å². The van der Waals surface area contributed by atoms with Gasteiger partial charge in [-0.25, -0.2) is 0 Å². The number of hydrogen-bond donors (Lipinski definition) is 1. The van der Waals surface area contributed by atoms with Gasteiger partial charge in [-0.15, -0.1) is 0 Å². The Hall–Kier alpha value is -2.89. The maximum atomic E-state index is 12.0. The molecule has 0 bridgehead atoms. The van der Waals surface area contributed by atoms with Crippen LogP contribution in [0.2, 0.25) is 0 Å². The second-order valence-corrected chi connectivity index (χ2v) is 5.54. The lowest BCUT2D eigenvalue weighted by Gasteiger charge is -2.11. The lowest BCUT2D eigenvalue weighted by Crippen LogP contribution is -2.34. The molecule has 1 N–H and O–H groups in total. The van der Waals surface area contributed by atoms with Crippen LogP contribution in [0.15, 0.2) is 42.5 Å². The van der Waals surface area contributed by atoms with Gasteiger partial charge in [0.25, 0.3) is 5.91 Å². The average Bonchev–Trinajstić information content (AvgIpc) is 2.58. The highest BCUT2D eigenvalue weighted by atomic mass is 16.5. The van der Waals surface area contributed by atoms with Crippen LogP contribution in [0.1, 0.15) is 5.56 Å². The zero-order valence-corrected chi connectivity index (χ0v) is 13.7. The molecule has 0 aliphatic rings. The summed E-state index contributed by atoms with van der Waals surface area (Å²) >= 11 is 0. The van der Waals surface area contributed by atoms with Crippen LogP contribution in [-0.2, 0) is 25.5 Å². The molecule has 6 nitrogen and oxygen atoms in total. The molecule has 0 aromatic heterocycles. The number of carbonyl (C=O) groups excluding carboxylic acids is 3. The molecule has 0 spiro atoms. The van der Waals surface area contributed by atoms with E-state index in [1.807, 2.05) is 42.5 Å². The summed E-state index contributed by atoms with van der Waals surface area (Å²) < 4.78 is 4.79. The van der Waals surface area contributed by atoms with E-state index in [2.05, 4.69) is 5.32 Å². The lowest BCUT2D eigenvalue weighted by molar-refractivity contribution is -0.150. The Kier molecular flexibility index (Phi) is 5.89. The minimum Gasteiger partial charge on any atom is -0.454 e. The van der Waals surface area contributed by atoms with Crippen LogP contribution in [-0.4, -0.2) is 49.9 Å². The Morgan fingerprint density at radius 3 is 2.50 bits per heavy atom. The molecule has 6 heteroatoms. The average molecular weight is 328 g/mol. The van der Waals surface area contributed by atoms with Gasteiger partial charge < -0.3 is 15.0 Å². The Balaban J connectivity index is 1.85. The van der Waals surface area contributed by atoms with Crippen LogP contribution in [0.25, 0.3) is 10.8 Å². The molecule has 0 atom stereocenters. The first-order valence-electron chi connectivity index (χ1n) is 7.56. The molecule has 0 fully saturated rings. The molecule has 0 heterocycles. The molecule has 0 unspecified atom stereocenters. The summed E-state index contributed by atoms with van der Waals surface area (Å²) in [5.74, 6) is -1.23. The van der Waals surface area contributed by atoms with E-state index in [9.17, 15) is 14.4 Å². The van der Waals surface area contributed by atoms with Crippen molar-refractivity contribution in [3.8, 4) is 0 Å². The van der Waals surface area contributed by atoms with Crippen LogP contribution in [0.5, 0.6) is 0 Å². The van der Waals surface area contributed by atoms with Crippen LogP contribution >= 0.6 is 0 Å². The van der Waals surface area contributed by atoms with Crippen molar-refractivity contribution in [2.75, 3.05) is 27.2 Å². The number of esters is 1. The van der Waals surface area contributed by atoms with Gasteiger partial charge in [0.2, 0.25) is 5.91 Å². The predicted octanol–water partition coefficient (Wildman–Crippen LogP) is 1.13. The Morgan fingerprint density at radius 1 is 1.04 bits per heavy atom. The first-order chi connectivity index (χ1) is 11.5. The van der Waals surface area contributed by atoms with Crippen LogP contribution in [0.3, 0.4) is 0 Å². The normalized spacial score (nSPS) is 10.2. The summed E-state index contributed by atoms with van der Waals surface area (Å²) in [6.45, 7) is -0.588. The molecule has 24 heavy (non-hydrogen) atoms. The SMILES string of the molecule is CN(C)C(=O)COC(=O)CNC(=O)Cc1cccc2ccccc12. The summed E-state index contributed by atoms with van der Waals surface area (Å²) in [6, 6.07) is 13.6. The van der Waals surface area contributed by atoms with E-state index in [4.69, 9.17) is 4.74 Å². The summed E-state index contributed by atoms with van der Waals surface area (Å²) in [6.07, 6.45) is 0.172. The van der Waals surface area contributed by atoms with E-state index in [-0.39, 0.29) is 31.4 Å². The topological polar surface area (TPSA) is 75.7 Å². The van der Waals surface area contributed by atoms with Crippen LogP contribution in [0.4, 0.5) is 0 Å². The molecule has 0 saturated heterocycles. The largest absolute Gasteiger partial charge is 0.454 e.